The molecule has 1 aromatic carbocycles. The van der Waals surface area contributed by atoms with Crippen LogP contribution in [0.25, 0.3) is 0 Å². The molecule has 0 bridgehead atoms. The lowest BCUT2D eigenvalue weighted by atomic mass is 9.83. The van der Waals surface area contributed by atoms with Crippen molar-refractivity contribution in [2.45, 2.75) is 46.5 Å². The van der Waals surface area contributed by atoms with Crippen molar-refractivity contribution in [2.75, 3.05) is 13.2 Å². The summed E-state index contributed by atoms with van der Waals surface area (Å²) in [6, 6.07) is 4.46. The topological polar surface area (TPSA) is 52.3 Å². The van der Waals surface area contributed by atoms with E-state index in [2.05, 4.69) is 46.8 Å². The predicted molar refractivity (Wildman–Crippen MR) is 78.3 cm³/mol. The van der Waals surface area contributed by atoms with Crippen molar-refractivity contribution >= 4 is 5.97 Å². The molecule has 0 aliphatic rings. The fraction of sp³-hybridized carbons (Fsp3) is 0.562. The summed E-state index contributed by atoms with van der Waals surface area (Å²) in [7, 11) is 0. The van der Waals surface area contributed by atoms with Gasteiger partial charge in [0, 0.05) is 6.42 Å². The number of benzene rings is 1. The van der Waals surface area contributed by atoms with E-state index in [1.165, 1.54) is 22.3 Å². The van der Waals surface area contributed by atoms with E-state index in [4.69, 9.17) is 10.5 Å². The largest absolute Gasteiger partial charge is 0.464 e. The van der Waals surface area contributed by atoms with Crippen LogP contribution < -0.4 is 5.73 Å². The molecule has 1 aromatic rings. The summed E-state index contributed by atoms with van der Waals surface area (Å²) in [5, 5.41) is 0. The molecule has 19 heavy (non-hydrogen) atoms. The van der Waals surface area contributed by atoms with Gasteiger partial charge >= 0.3 is 5.97 Å². The summed E-state index contributed by atoms with van der Waals surface area (Å²) in [6.07, 6.45) is 0.744. The quantitative estimate of drug-likeness (QED) is 0.850. The Hall–Kier alpha value is -1.35. The number of hydrogen-bond acceptors (Lipinski definition) is 3. The third kappa shape index (κ3) is 4.35. The minimum Gasteiger partial charge on any atom is -0.464 e. The van der Waals surface area contributed by atoms with E-state index < -0.39 is 0 Å². The second-order valence-electron chi connectivity index (χ2n) is 6.01. The Morgan fingerprint density at radius 2 is 1.74 bits per heavy atom. The minimum absolute atomic E-state index is 0.0546. The van der Waals surface area contributed by atoms with E-state index in [-0.39, 0.29) is 17.9 Å². The van der Waals surface area contributed by atoms with Gasteiger partial charge in [-0.2, -0.15) is 0 Å². The summed E-state index contributed by atoms with van der Waals surface area (Å²) in [6.45, 7) is 11.2. The molecule has 106 valence electrons. The van der Waals surface area contributed by atoms with Crippen LogP contribution >= 0.6 is 0 Å². The molecule has 3 nitrogen and oxygen atoms in total. The van der Waals surface area contributed by atoms with Crippen LogP contribution in [0.5, 0.6) is 0 Å². The molecule has 0 aromatic heterocycles. The first kappa shape index (κ1) is 15.7. The van der Waals surface area contributed by atoms with Crippen molar-refractivity contribution in [3.8, 4) is 0 Å². The Labute approximate surface area is 116 Å². The fourth-order valence-electron chi connectivity index (χ4n) is 2.15. The molecule has 0 heterocycles. The van der Waals surface area contributed by atoms with Crippen LogP contribution in [0.3, 0.4) is 0 Å². The number of ether oxygens (including phenoxy) is 1. The Morgan fingerprint density at radius 1 is 1.21 bits per heavy atom. The van der Waals surface area contributed by atoms with Gasteiger partial charge in [0.05, 0.1) is 13.2 Å². The van der Waals surface area contributed by atoms with Crippen molar-refractivity contribution in [3.63, 3.8) is 0 Å². The summed E-state index contributed by atoms with van der Waals surface area (Å²) in [5.41, 5.74) is 10.5. The van der Waals surface area contributed by atoms with Gasteiger partial charge < -0.3 is 10.5 Å². The van der Waals surface area contributed by atoms with Gasteiger partial charge in [0.15, 0.2) is 0 Å². The molecule has 3 heteroatoms. The molecule has 0 unspecified atom stereocenters. The lowest BCUT2D eigenvalue weighted by Crippen LogP contribution is -2.18. The zero-order chi connectivity index (χ0) is 14.6. The highest BCUT2D eigenvalue weighted by atomic mass is 16.5. The fourth-order valence-corrected chi connectivity index (χ4v) is 2.15. The lowest BCUT2D eigenvalue weighted by Gasteiger charge is -2.22. The third-order valence-corrected chi connectivity index (χ3v) is 3.34. The average molecular weight is 263 g/mol. The van der Waals surface area contributed by atoms with E-state index in [0.29, 0.717) is 6.61 Å². The maximum atomic E-state index is 11.0. The van der Waals surface area contributed by atoms with Crippen LogP contribution in [-0.4, -0.2) is 19.1 Å². The smallest absolute Gasteiger partial charge is 0.319 e. The first-order valence-corrected chi connectivity index (χ1v) is 6.72. The molecule has 0 saturated heterocycles. The molecule has 0 aliphatic carbocycles. The van der Waals surface area contributed by atoms with Crippen molar-refractivity contribution in [2.24, 2.45) is 5.73 Å². The molecule has 2 N–H and O–H groups in total. The monoisotopic (exact) mass is 263 g/mol. The first-order chi connectivity index (χ1) is 8.75. The number of rotatable bonds is 4. The van der Waals surface area contributed by atoms with Crippen molar-refractivity contribution in [1.82, 2.24) is 0 Å². The maximum absolute atomic E-state index is 11.0. The van der Waals surface area contributed by atoms with Crippen LogP contribution in [0, 0.1) is 13.8 Å². The molecule has 1 rings (SSSR count). The highest BCUT2D eigenvalue weighted by Crippen LogP contribution is 2.27. The van der Waals surface area contributed by atoms with Crippen LogP contribution in [0.4, 0.5) is 0 Å². The normalized spacial score (nSPS) is 11.5. The van der Waals surface area contributed by atoms with E-state index >= 15 is 0 Å². The Kier molecular flexibility index (Phi) is 5.12. The highest BCUT2D eigenvalue weighted by Gasteiger charge is 2.16. The van der Waals surface area contributed by atoms with E-state index in [0.717, 1.165) is 6.42 Å². The first-order valence-electron chi connectivity index (χ1n) is 6.72. The molecule has 0 aliphatic heterocycles. The zero-order valence-corrected chi connectivity index (χ0v) is 12.7. The van der Waals surface area contributed by atoms with Crippen LogP contribution in [0.2, 0.25) is 0 Å². The Bertz CT molecular complexity index is 435. The van der Waals surface area contributed by atoms with E-state index in [1.807, 2.05) is 0 Å². The van der Waals surface area contributed by atoms with Crippen LogP contribution in [0.15, 0.2) is 12.1 Å². The maximum Gasteiger partial charge on any atom is 0.319 e. The van der Waals surface area contributed by atoms with Gasteiger partial charge in [-0.3, -0.25) is 4.79 Å². The molecular formula is C16H25NO2. The van der Waals surface area contributed by atoms with Crippen molar-refractivity contribution in [3.05, 3.63) is 34.4 Å². The number of esters is 1. The summed E-state index contributed by atoms with van der Waals surface area (Å²) in [5.74, 6) is -0.346. The Morgan fingerprint density at radius 3 is 2.16 bits per heavy atom. The standard InChI is InChI=1S/C16H25NO2/c1-11-8-13(16(3,4)5)9-12(2)14(11)6-7-19-15(18)10-17/h8-9H,6-7,10,17H2,1-5H3. The molecule has 0 spiro atoms. The highest BCUT2D eigenvalue weighted by molar-refractivity contribution is 5.71. The van der Waals surface area contributed by atoms with Crippen molar-refractivity contribution < 1.29 is 9.53 Å². The number of hydrogen-bond donors (Lipinski definition) is 1. The van der Waals surface area contributed by atoms with Gasteiger partial charge in [-0.15, -0.1) is 0 Å². The second kappa shape index (κ2) is 6.20. The minimum atomic E-state index is -0.346. The molecule has 0 saturated carbocycles. The van der Waals surface area contributed by atoms with Gasteiger partial charge in [0.2, 0.25) is 0 Å². The Balaban J connectivity index is 2.83. The molecule has 0 radical (unpaired) electrons. The SMILES string of the molecule is Cc1cc(C(C)(C)C)cc(C)c1CCOC(=O)CN. The molecule has 0 amide bonds. The van der Waals surface area contributed by atoms with Crippen LogP contribution in [0.1, 0.15) is 43.0 Å². The van der Waals surface area contributed by atoms with E-state index in [9.17, 15) is 4.79 Å². The molecule has 0 atom stereocenters. The van der Waals surface area contributed by atoms with Crippen molar-refractivity contribution in [1.29, 1.82) is 0 Å². The van der Waals surface area contributed by atoms with Gasteiger partial charge in [0.25, 0.3) is 0 Å². The van der Waals surface area contributed by atoms with Gasteiger partial charge in [-0.1, -0.05) is 32.9 Å². The number of nitrogens with two attached hydrogens (primary N) is 1. The summed E-state index contributed by atoms with van der Waals surface area (Å²) in [4.78, 5) is 11.0. The molecular weight excluding hydrogens is 238 g/mol. The third-order valence-electron chi connectivity index (χ3n) is 3.34. The number of carbonyl (C=O) groups excluding carboxylic acids is 1. The second-order valence-corrected chi connectivity index (χ2v) is 6.01. The summed E-state index contributed by atoms with van der Waals surface area (Å²) >= 11 is 0. The van der Waals surface area contributed by atoms with Gasteiger partial charge in [0.1, 0.15) is 0 Å². The number of carbonyl (C=O) groups is 1. The van der Waals surface area contributed by atoms with Gasteiger partial charge in [-0.05, 0) is 41.5 Å². The summed E-state index contributed by atoms with van der Waals surface area (Å²) < 4.78 is 5.04. The number of aryl methyl sites for hydroxylation is 2. The predicted octanol–water partition coefficient (Wildman–Crippen LogP) is 2.65. The van der Waals surface area contributed by atoms with Gasteiger partial charge in [-0.25, -0.2) is 0 Å². The van der Waals surface area contributed by atoms with Crippen LogP contribution in [-0.2, 0) is 21.4 Å². The lowest BCUT2D eigenvalue weighted by molar-refractivity contribution is -0.141. The van der Waals surface area contributed by atoms with E-state index in [1.54, 1.807) is 0 Å². The zero-order valence-electron chi connectivity index (χ0n) is 12.7. The average Bonchev–Trinajstić information content (AvgIpc) is 2.30. The molecule has 0 fully saturated rings.